The smallest absolute Gasteiger partial charge is 0.252 e. The van der Waals surface area contributed by atoms with E-state index >= 15 is 0 Å². The summed E-state index contributed by atoms with van der Waals surface area (Å²) in [4.78, 5) is 29.4. The van der Waals surface area contributed by atoms with Crippen LogP contribution in [0.3, 0.4) is 0 Å². The minimum atomic E-state index is -1.25. The molecule has 166 valence electrons. The van der Waals surface area contributed by atoms with Gasteiger partial charge in [0.1, 0.15) is 0 Å². The minimum absolute atomic E-state index is 0.201. The lowest BCUT2D eigenvalue weighted by molar-refractivity contribution is -0.128. The Morgan fingerprint density at radius 2 is 1.78 bits per heavy atom. The number of hydrogen-bond acceptors (Lipinski definition) is 4. The lowest BCUT2D eigenvalue weighted by Crippen LogP contribution is -2.54. The molecule has 4 rings (SSSR count). The Morgan fingerprint density at radius 3 is 2.50 bits per heavy atom. The van der Waals surface area contributed by atoms with Crippen LogP contribution in [0, 0.1) is 13.8 Å². The number of thioether (sulfide) groups is 1. The van der Waals surface area contributed by atoms with Crippen molar-refractivity contribution in [2.24, 2.45) is 0 Å². The van der Waals surface area contributed by atoms with Gasteiger partial charge in [-0.25, -0.2) is 0 Å². The summed E-state index contributed by atoms with van der Waals surface area (Å²) in [7, 11) is 0. The Bertz CT molecular complexity index is 1160. The predicted octanol–water partition coefficient (Wildman–Crippen LogP) is 4.60. The third kappa shape index (κ3) is 3.93. The lowest BCUT2D eigenvalue weighted by atomic mass is 10.1. The van der Waals surface area contributed by atoms with E-state index in [0.717, 1.165) is 28.4 Å². The highest BCUT2D eigenvalue weighted by atomic mass is 32.2. The number of para-hydroxylation sites is 1. The molecule has 0 saturated carbocycles. The highest BCUT2D eigenvalue weighted by molar-refractivity contribution is 8.02. The third-order valence-corrected chi connectivity index (χ3v) is 7.28. The summed E-state index contributed by atoms with van der Waals surface area (Å²) in [6.07, 6.45) is 0.852. The van der Waals surface area contributed by atoms with Crippen molar-refractivity contribution in [2.45, 2.75) is 50.3 Å². The van der Waals surface area contributed by atoms with Crippen LogP contribution in [0.15, 0.2) is 59.5 Å². The Balaban J connectivity index is 1.56. The van der Waals surface area contributed by atoms with Crippen LogP contribution in [-0.4, -0.2) is 32.9 Å². The second-order valence-corrected chi connectivity index (χ2v) is 9.57. The first-order valence-corrected chi connectivity index (χ1v) is 11.7. The number of aromatic nitrogens is 2. The maximum atomic E-state index is 13.4. The van der Waals surface area contributed by atoms with Gasteiger partial charge in [-0.2, -0.15) is 5.10 Å². The minimum Gasteiger partial charge on any atom is -0.321 e. The van der Waals surface area contributed by atoms with Crippen LogP contribution >= 0.6 is 11.8 Å². The fourth-order valence-electron chi connectivity index (χ4n) is 4.06. The summed E-state index contributed by atoms with van der Waals surface area (Å²) < 4.78 is 0.666. The largest absolute Gasteiger partial charge is 0.321 e. The van der Waals surface area contributed by atoms with Crippen LogP contribution in [0.2, 0.25) is 0 Å². The number of rotatable bonds is 6. The van der Waals surface area contributed by atoms with Crippen molar-refractivity contribution in [1.82, 2.24) is 9.78 Å². The number of carbonyl (C=O) groups is 2. The predicted molar refractivity (Wildman–Crippen MR) is 129 cm³/mol. The van der Waals surface area contributed by atoms with Crippen molar-refractivity contribution >= 4 is 35.0 Å². The molecule has 0 bridgehead atoms. The van der Waals surface area contributed by atoms with E-state index in [9.17, 15) is 9.59 Å². The molecule has 0 fully saturated rings. The average molecular weight is 449 g/mol. The molecule has 2 heterocycles. The molecule has 7 heteroatoms. The van der Waals surface area contributed by atoms with E-state index in [2.05, 4.69) is 22.5 Å². The summed E-state index contributed by atoms with van der Waals surface area (Å²) in [6, 6.07) is 18.0. The maximum Gasteiger partial charge on any atom is 0.252 e. The Morgan fingerprint density at radius 1 is 1.09 bits per heavy atom. The summed E-state index contributed by atoms with van der Waals surface area (Å²) in [6.45, 7) is 8.69. The molecule has 1 unspecified atom stereocenters. The van der Waals surface area contributed by atoms with Crippen molar-refractivity contribution in [1.29, 1.82) is 0 Å². The molecule has 32 heavy (non-hydrogen) atoms. The van der Waals surface area contributed by atoms with E-state index in [1.807, 2.05) is 67.9 Å². The highest BCUT2D eigenvalue weighted by Crippen LogP contribution is 2.45. The van der Waals surface area contributed by atoms with Gasteiger partial charge in [-0.1, -0.05) is 54.2 Å². The van der Waals surface area contributed by atoms with E-state index in [1.165, 1.54) is 17.3 Å². The molecule has 1 aliphatic rings. The third-order valence-electron chi connectivity index (χ3n) is 5.95. The quantitative estimate of drug-likeness (QED) is 0.560. The van der Waals surface area contributed by atoms with E-state index in [1.54, 1.807) is 11.8 Å². The van der Waals surface area contributed by atoms with Crippen molar-refractivity contribution in [2.75, 3.05) is 16.8 Å². The molecule has 2 amide bonds. The Hall–Kier alpha value is -3.06. The van der Waals surface area contributed by atoms with Gasteiger partial charge in [0.05, 0.1) is 22.8 Å². The van der Waals surface area contributed by atoms with Gasteiger partial charge in [0, 0.05) is 18.0 Å². The maximum absolute atomic E-state index is 13.4. The zero-order valence-corrected chi connectivity index (χ0v) is 19.7. The SMILES string of the molecule is CCN1C(=O)C(C)(C(=O)Nc2c(C)nn(CCc3ccccc3)c2C)Sc2ccccc21. The standard InChI is InChI=1S/C25H28N4O2S/c1-5-28-20-13-9-10-14-21(20)32-25(4,24(28)31)23(30)26-22-17(2)27-29(18(22)3)16-15-19-11-7-6-8-12-19/h6-14H,5,15-16H2,1-4H3,(H,26,30). The first-order valence-electron chi connectivity index (χ1n) is 10.8. The highest BCUT2D eigenvalue weighted by Gasteiger charge is 2.49. The number of carbonyl (C=O) groups excluding carboxylic acids is 2. The van der Waals surface area contributed by atoms with Gasteiger partial charge < -0.3 is 10.2 Å². The molecule has 0 radical (unpaired) electrons. The molecule has 0 saturated heterocycles. The molecule has 1 aliphatic heterocycles. The number of amides is 2. The number of hydrogen-bond donors (Lipinski definition) is 1. The Labute approximate surface area is 193 Å². The van der Waals surface area contributed by atoms with E-state index in [-0.39, 0.29) is 11.8 Å². The van der Waals surface area contributed by atoms with Gasteiger partial charge in [-0.3, -0.25) is 14.3 Å². The molecule has 1 atom stereocenters. The van der Waals surface area contributed by atoms with Gasteiger partial charge in [-0.05, 0) is 51.8 Å². The van der Waals surface area contributed by atoms with Gasteiger partial charge in [0.25, 0.3) is 5.91 Å². The number of fused-ring (bicyclic) bond motifs is 1. The molecule has 1 aromatic heterocycles. The normalized spacial score (nSPS) is 17.9. The molecule has 2 aromatic carbocycles. The fourth-order valence-corrected chi connectivity index (χ4v) is 5.27. The molecular weight excluding hydrogens is 420 g/mol. The van der Waals surface area contributed by atoms with Crippen molar-refractivity contribution < 1.29 is 9.59 Å². The lowest BCUT2D eigenvalue weighted by Gasteiger charge is -2.38. The second kappa shape index (κ2) is 8.82. The monoisotopic (exact) mass is 448 g/mol. The van der Waals surface area contributed by atoms with Crippen LogP contribution in [0.1, 0.15) is 30.8 Å². The van der Waals surface area contributed by atoms with Gasteiger partial charge in [0.2, 0.25) is 5.91 Å². The molecule has 6 nitrogen and oxygen atoms in total. The second-order valence-electron chi connectivity index (χ2n) is 8.11. The van der Waals surface area contributed by atoms with Crippen LogP contribution in [0.25, 0.3) is 0 Å². The van der Waals surface area contributed by atoms with Crippen LogP contribution in [-0.2, 0) is 22.6 Å². The number of aryl methyl sites for hydroxylation is 3. The average Bonchev–Trinajstić information content (AvgIpc) is 3.06. The number of benzene rings is 2. The van der Waals surface area contributed by atoms with Crippen LogP contribution in [0.4, 0.5) is 11.4 Å². The number of anilines is 2. The van der Waals surface area contributed by atoms with Gasteiger partial charge in [0.15, 0.2) is 4.75 Å². The van der Waals surface area contributed by atoms with Gasteiger partial charge in [-0.15, -0.1) is 0 Å². The Kier molecular flexibility index (Phi) is 6.11. The fraction of sp³-hybridized carbons (Fsp3) is 0.320. The first-order chi connectivity index (χ1) is 15.3. The van der Waals surface area contributed by atoms with Gasteiger partial charge >= 0.3 is 0 Å². The van der Waals surface area contributed by atoms with E-state index in [0.29, 0.717) is 18.8 Å². The van der Waals surface area contributed by atoms with Crippen molar-refractivity contribution in [3.05, 3.63) is 71.5 Å². The summed E-state index contributed by atoms with van der Waals surface area (Å²) >= 11 is 1.31. The zero-order valence-electron chi connectivity index (χ0n) is 18.9. The van der Waals surface area contributed by atoms with Crippen molar-refractivity contribution in [3.63, 3.8) is 0 Å². The number of nitrogens with zero attached hydrogens (tertiary/aromatic N) is 3. The van der Waals surface area contributed by atoms with Crippen LogP contribution < -0.4 is 10.2 Å². The number of nitrogens with one attached hydrogen (secondary N) is 1. The van der Waals surface area contributed by atoms with E-state index in [4.69, 9.17) is 0 Å². The molecule has 0 aliphatic carbocycles. The molecule has 1 N–H and O–H groups in total. The van der Waals surface area contributed by atoms with Crippen molar-refractivity contribution in [3.8, 4) is 0 Å². The summed E-state index contributed by atoms with van der Waals surface area (Å²) in [5.74, 6) is -0.526. The zero-order chi connectivity index (χ0) is 22.9. The van der Waals surface area contributed by atoms with E-state index < -0.39 is 4.75 Å². The summed E-state index contributed by atoms with van der Waals surface area (Å²) in [5.41, 5.74) is 4.40. The topological polar surface area (TPSA) is 67.2 Å². The summed E-state index contributed by atoms with van der Waals surface area (Å²) in [5, 5.41) is 7.65. The molecule has 0 spiro atoms. The molecule has 3 aromatic rings. The molecular formula is C25H28N4O2S. The van der Waals surface area contributed by atoms with Crippen LogP contribution in [0.5, 0.6) is 0 Å². The first kappa shape index (κ1) is 22.1.